The van der Waals surface area contributed by atoms with Gasteiger partial charge in [0.05, 0.1) is 11.1 Å². The van der Waals surface area contributed by atoms with Gasteiger partial charge in [-0.05, 0) is 36.6 Å². The van der Waals surface area contributed by atoms with Crippen molar-refractivity contribution >= 4 is 22.7 Å². The molecular weight excluding hydrogens is 256 g/mol. The second kappa shape index (κ2) is 6.34. The van der Waals surface area contributed by atoms with E-state index in [9.17, 15) is 4.79 Å². The summed E-state index contributed by atoms with van der Waals surface area (Å²) in [6, 6.07) is 8.61. The van der Waals surface area contributed by atoms with Crippen LogP contribution in [0.4, 0.5) is 5.82 Å². The van der Waals surface area contributed by atoms with Crippen LogP contribution in [-0.2, 0) is 0 Å². The monoisotopic (exact) mass is 274 g/mol. The molecule has 5 nitrogen and oxygen atoms in total. The molecule has 1 aromatic heterocycles. The Kier molecular flexibility index (Phi) is 4.53. The molecule has 20 heavy (non-hydrogen) atoms. The molecule has 106 valence electrons. The standard InChI is InChI=1S/C15H18N2O3/c1-10(7-8-18)9-16-14-6-5-11-12(15(19)20)3-2-4-13(11)17-14/h2-6,10,18H,7-9H2,1H3,(H,16,17)(H,19,20). The van der Waals surface area contributed by atoms with Gasteiger partial charge in [0.1, 0.15) is 5.82 Å². The van der Waals surface area contributed by atoms with Gasteiger partial charge in [-0.15, -0.1) is 0 Å². The minimum atomic E-state index is -0.949. The summed E-state index contributed by atoms with van der Waals surface area (Å²) >= 11 is 0. The fourth-order valence-corrected chi connectivity index (χ4v) is 2.04. The van der Waals surface area contributed by atoms with Crippen molar-refractivity contribution in [3.05, 3.63) is 35.9 Å². The lowest BCUT2D eigenvalue weighted by molar-refractivity contribution is 0.0699. The van der Waals surface area contributed by atoms with Gasteiger partial charge in [-0.1, -0.05) is 13.0 Å². The highest BCUT2D eigenvalue weighted by Gasteiger charge is 2.09. The minimum absolute atomic E-state index is 0.177. The summed E-state index contributed by atoms with van der Waals surface area (Å²) in [5.74, 6) is 0.113. The number of hydrogen-bond acceptors (Lipinski definition) is 4. The van der Waals surface area contributed by atoms with Crippen molar-refractivity contribution in [2.75, 3.05) is 18.5 Å². The van der Waals surface area contributed by atoms with Crippen LogP contribution in [0.2, 0.25) is 0 Å². The van der Waals surface area contributed by atoms with Gasteiger partial charge in [0.25, 0.3) is 0 Å². The molecule has 0 radical (unpaired) electrons. The van der Waals surface area contributed by atoms with Gasteiger partial charge < -0.3 is 15.5 Å². The number of carboxylic acids is 1. The number of nitrogens with one attached hydrogen (secondary N) is 1. The summed E-state index contributed by atoms with van der Waals surface area (Å²) in [6.07, 6.45) is 0.740. The minimum Gasteiger partial charge on any atom is -0.478 e. The molecule has 0 fully saturated rings. The van der Waals surface area contributed by atoms with Crippen LogP contribution >= 0.6 is 0 Å². The number of rotatable bonds is 6. The van der Waals surface area contributed by atoms with E-state index in [1.54, 1.807) is 30.3 Å². The summed E-state index contributed by atoms with van der Waals surface area (Å²) in [5.41, 5.74) is 0.917. The van der Waals surface area contributed by atoms with Crippen LogP contribution < -0.4 is 5.32 Å². The third-order valence-corrected chi connectivity index (χ3v) is 3.22. The molecule has 0 amide bonds. The van der Waals surface area contributed by atoms with Gasteiger partial charge >= 0.3 is 5.97 Å². The predicted octanol–water partition coefficient (Wildman–Crippen LogP) is 2.36. The van der Waals surface area contributed by atoms with Gasteiger partial charge in [-0.25, -0.2) is 9.78 Å². The smallest absolute Gasteiger partial charge is 0.336 e. The zero-order valence-electron chi connectivity index (χ0n) is 11.3. The highest BCUT2D eigenvalue weighted by molar-refractivity contribution is 6.02. The highest BCUT2D eigenvalue weighted by atomic mass is 16.4. The van der Waals surface area contributed by atoms with Crippen LogP contribution in [0.15, 0.2) is 30.3 Å². The average molecular weight is 274 g/mol. The molecule has 0 aliphatic carbocycles. The van der Waals surface area contributed by atoms with Crippen molar-refractivity contribution in [2.24, 2.45) is 5.92 Å². The molecule has 0 aliphatic heterocycles. The Morgan fingerprint density at radius 2 is 2.15 bits per heavy atom. The number of aliphatic hydroxyl groups is 1. The Morgan fingerprint density at radius 3 is 2.85 bits per heavy atom. The molecule has 1 aromatic carbocycles. The number of aliphatic hydroxyl groups excluding tert-OH is 1. The number of aromatic nitrogens is 1. The second-order valence-electron chi connectivity index (χ2n) is 4.87. The zero-order valence-corrected chi connectivity index (χ0v) is 11.3. The maximum absolute atomic E-state index is 11.1. The van der Waals surface area contributed by atoms with E-state index < -0.39 is 5.97 Å². The zero-order chi connectivity index (χ0) is 14.5. The van der Waals surface area contributed by atoms with Gasteiger partial charge in [-0.2, -0.15) is 0 Å². The molecule has 0 saturated heterocycles. The lowest BCUT2D eigenvalue weighted by Crippen LogP contribution is -2.13. The number of nitrogens with zero attached hydrogens (tertiary/aromatic N) is 1. The van der Waals surface area contributed by atoms with Crippen LogP contribution in [0.5, 0.6) is 0 Å². The van der Waals surface area contributed by atoms with Crippen molar-refractivity contribution in [1.29, 1.82) is 0 Å². The highest BCUT2D eigenvalue weighted by Crippen LogP contribution is 2.19. The third-order valence-electron chi connectivity index (χ3n) is 3.22. The summed E-state index contributed by atoms with van der Waals surface area (Å²) < 4.78 is 0. The number of carbonyl (C=O) groups is 1. The molecular formula is C15H18N2O3. The van der Waals surface area contributed by atoms with Crippen LogP contribution in [0.3, 0.4) is 0 Å². The second-order valence-corrected chi connectivity index (χ2v) is 4.87. The summed E-state index contributed by atoms with van der Waals surface area (Å²) in [7, 11) is 0. The first-order chi connectivity index (χ1) is 9.61. The van der Waals surface area contributed by atoms with E-state index in [2.05, 4.69) is 10.3 Å². The van der Waals surface area contributed by atoms with E-state index in [0.717, 1.165) is 13.0 Å². The van der Waals surface area contributed by atoms with Crippen molar-refractivity contribution < 1.29 is 15.0 Å². The maximum Gasteiger partial charge on any atom is 0.336 e. The number of fused-ring (bicyclic) bond motifs is 1. The molecule has 3 N–H and O–H groups in total. The fraction of sp³-hybridized carbons (Fsp3) is 0.333. The first kappa shape index (κ1) is 14.3. The first-order valence-corrected chi connectivity index (χ1v) is 6.59. The van der Waals surface area contributed by atoms with Gasteiger partial charge in [-0.3, -0.25) is 0 Å². The normalized spacial score (nSPS) is 12.3. The maximum atomic E-state index is 11.1. The van der Waals surface area contributed by atoms with Gasteiger partial charge in [0.2, 0.25) is 0 Å². The fourth-order valence-electron chi connectivity index (χ4n) is 2.04. The van der Waals surface area contributed by atoms with Gasteiger partial charge in [0, 0.05) is 18.5 Å². The number of hydrogen-bond donors (Lipinski definition) is 3. The number of pyridine rings is 1. The first-order valence-electron chi connectivity index (χ1n) is 6.59. The molecule has 0 aliphatic rings. The number of anilines is 1. The predicted molar refractivity (Wildman–Crippen MR) is 78.1 cm³/mol. The van der Waals surface area contributed by atoms with Crippen LogP contribution in [-0.4, -0.2) is 34.3 Å². The van der Waals surface area contributed by atoms with Crippen LogP contribution in [0.25, 0.3) is 10.9 Å². The topological polar surface area (TPSA) is 82.5 Å². The lowest BCUT2D eigenvalue weighted by atomic mass is 10.1. The Morgan fingerprint density at radius 1 is 1.35 bits per heavy atom. The third kappa shape index (κ3) is 3.24. The molecule has 5 heteroatoms. The van der Waals surface area contributed by atoms with Crippen LogP contribution in [0.1, 0.15) is 23.7 Å². The van der Waals surface area contributed by atoms with E-state index in [1.165, 1.54) is 0 Å². The largest absolute Gasteiger partial charge is 0.478 e. The van der Waals surface area contributed by atoms with Crippen molar-refractivity contribution in [3.8, 4) is 0 Å². The molecule has 0 bridgehead atoms. The van der Waals surface area contributed by atoms with Crippen molar-refractivity contribution in [1.82, 2.24) is 4.98 Å². The van der Waals surface area contributed by atoms with Crippen molar-refractivity contribution in [2.45, 2.75) is 13.3 Å². The SMILES string of the molecule is CC(CCO)CNc1ccc2c(C(=O)O)cccc2n1. The number of carboxylic acid groups (broad SMARTS) is 1. The van der Waals surface area contributed by atoms with Crippen LogP contribution in [0, 0.1) is 5.92 Å². The lowest BCUT2D eigenvalue weighted by Gasteiger charge is -2.12. The van der Waals surface area contributed by atoms with Crippen molar-refractivity contribution in [3.63, 3.8) is 0 Å². The summed E-state index contributed by atoms with van der Waals surface area (Å²) in [4.78, 5) is 15.5. The van der Waals surface area contributed by atoms with E-state index >= 15 is 0 Å². The molecule has 0 spiro atoms. The van der Waals surface area contributed by atoms with E-state index in [0.29, 0.717) is 22.6 Å². The Labute approximate surface area is 117 Å². The van der Waals surface area contributed by atoms with E-state index in [1.807, 2.05) is 6.92 Å². The Hall–Kier alpha value is -2.14. The van der Waals surface area contributed by atoms with E-state index in [-0.39, 0.29) is 12.2 Å². The summed E-state index contributed by atoms with van der Waals surface area (Å²) in [6.45, 7) is 2.94. The molecule has 2 aromatic rings. The number of aromatic carboxylic acids is 1. The average Bonchev–Trinajstić information content (AvgIpc) is 2.44. The van der Waals surface area contributed by atoms with Gasteiger partial charge in [0.15, 0.2) is 0 Å². The quantitative estimate of drug-likeness (QED) is 0.753. The Balaban J connectivity index is 2.20. The molecule has 0 saturated carbocycles. The number of benzene rings is 1. The molecule has 1 unspecified atom stereocenters. The summed E-state index contributed by atoms with van der Waals surface area (Å²) in [5, 5.41) is 21.8. The molecule has 1 heterocycles. The molecule has 2 rings (SSSR count). The van der Waals surface area contributed by atoms with E-state index in [4.69, 9.17) is 10.2 Å². The Bertz CT molecular complexity index is 613. The molecule has 1 atom stereocenters.